The van der Waals surface area contributed by atoms with Crippen LogP contribution in [0.3, 0.4) is 0 Å². The molecule has 0 radical (unpaired) electrons. The topological polar surface area (TPSA) is 98.2 Å². The average molecular weight is 411 g/mol. The minimum Gasteiger partial charge on any atom is -0.289 e. The molecule has 0 amide bonds. The molecule has 9 heteroatoms. The number of benzene rings is 2. The number of halogens is 1. The van der Waals surface area contributed by atoms with Crippen molar-refractivity contribution < 1.29 is 4.92 Å². The molecule has 0 aliphatic carbocycles. The molecule has 8 nitrogen and oxygen atoms in total. The summed E-state index contributed by atoms with van der Waals surface area (Å²) < 4.78 is 2.64. The number of rotatable bonds is 3. The van der Waals surface area contributed by atoms with Crippen LogP contribution in [0.5, 0.6) is 0 Å². The van der Waals surface area contributed by atoms with Gasteiger partial charge in [-0.2, -0.15) is 4.68 Å². The Hall–Kier alpha value is -3.33. The number of fused-ring (bicyclic) bond motifs is 1. The summed E-state index contributed by atoms with van der Waals surface area (Å²) in [5.74, 6) is 0.902. The average Bonchev–Trinajstić information content (AvgIpc) is 2.92. The van der Waals surface area contributed by atoms with Crippen molar-refractivity contribution in [3.8, 4) is 11.4 Å². The first-order valence-corrected chi connectivity index (χ1v) is 8.39. The molecule has 0 fully saturated rings. The molecule has 4 rings (SSSR count). The summed E-state index contributed by atoms with van der Waals surface area (Å²) >= 11 is 3.42. The SMILES string of the molecule is O=[N+]([O-])c1ccc(-c2nnc3n2NC(c2ccc(Br)cc2)=CC=N3)cc1. The lowest BCUT2D eigenvalue weighted by Gasteiger charge is -2.13. The van der Waals surface area contributed by atoms with Crippen LogP contribution in [0.15, 0.2) is 64.1 Å². The molecular weight excluding hydrogens is 400 g/mol. The van der Waals surface area contributed by atoms with Crippen molar-refractivity contribution in [2.45, 2.75) is 0 Å². The maximum atomic E-state index is 10.8. The summed E-state index contributed by atoms with van der Waals surface area (Å²) in [5, 5.41) is 19.1. The highest BCUT2D eigenvalue weighted by Crippen LogP contribution is 2.26. The summed E-state index contributed by atoms with van der Waals surface area (Å²) in [5.41, 5.74) is 5.76. The standard InChI is InChI=1S/C17H11BrN6O2/c18-13-5-1-11(2-6-13)15-9-10-19-17-21-20-16(23(17)22-15)12-3-7-14(8-4-12)24(25)26/h1-10,22H. The van der Waals surface area contributed by atoms with E-state index in [0.717, 1.165) is 15.7 Å². The fourth-order valence-electron chi connectivity index (χ4n) is 2.51. The number of nitrogens with one attached hydrogen (secondary N) is 1. The van der Waals surface area contributed by atoms with Crippen LogP contribution in [-0.4, -0.2) is 26.0 Å². The zero-order valence-corrected chi connectivity index (χ0v) is 14.8. The molecule has 1 aliphatic heterocycles. The number of nitro groups is 1. The minimum absolute atomic E-state index is 0.0192. The van der Waals surface area contributed by atoms with Crippen LogP contribution in [-0.2, 0) is 0 Å². The lowest BCUT2D eigenvalue weighted by molar-refractivity contribution is -0.384. The van der Waals surface area contributed by atoms with Crippen LogP contribution in [0.4, 0.5) is 11.6 Å². The first-order chi connectivity index (χ1) is 12.6. The second-order valence-corrected chi connectivity index (χ2v) is 6.36. The molecule has 0 saturated heterocycles. The lowest BCUT2D eigenvalue weighted by atomic mass is 10.1. The molecule has 26 heavy (non-hydrogen) atoms. The minimum atomic E-state index is -0.439. The highest BCUT2D eigenvalue weighted by atomic mass is 79.9. The van der Waals surface area contributed by atoms with Crippen molar-refractivity contribution >= 4 is 39.5 Å². The zero-order chi connectivity index (χ0) is 18.1. The fourth-order valence-corrected chi connectivity index (χ4v) is 2.77. The van der Waals surface area contributed by atoms with E-state index in [1.807, 2.05) is 30.3 Å². The van der Waals surface area contributed by atoms with Crippen molar-refractivity contribution in [2.24, 2.45) is 4.99 Å². The van der Waals surface area contributed by atoms with Crippen molar-refractivity contribution in [2.75, 3.05) is 5.43 Å². The van der Waals surface area contributed by atoms with Crippen LogP contribution < -0.4 is 5.43 Å². The molecular formula is C17H11BrN6O2. The van der Waals surface area contributed by atoms with E-state index < -0.39 is 4.92 Å². The van der Waals surface area contributed by atoms with E-state index in [9.17, 15) is 10.1 Å². The van der Waals surface area contributed by atoms with Gasteiger partial charge in [0.25, 0.3) is 11.6 Å². The smallest absolute Gasteiger partial charge is 0.270 e. The van der Waals surface area contributed by atoms with Gasteiger partial charge >= 0.3 is 0 Å². The lowest BCUT2D eigenvalue weighted by Crippen LogP contribution is -2.14. The maximum absolute atomic E-state index is 10.8. The fraction of sp³-hybridized carbons (Fsp3) is 0. The van der Waals surface area contributed by atoms with Gasteiger partial charge in [0.05, 0.1) is 10.6 Å². The van der Waals surface area contributed by atoms with Crippen LogP contribution >= 0.6 is 15.9 Å². The monoisotopic (exact) mass is 410 g/mol. The Labute approximate surface area is 156 Å². The van der Waals surface area contributed by atoms with Crippen LogP contribution in [0.2, 0.25) is 0 Å². The van der Waals surface area contributed by atoms with E-state index in [4.69, 9.17) is 0 Å². The number of nitro benzene ring substituents is 1. The summed E-state index contributed by atoms with van der Waals surface area (Å²) in [6.45, 7) is 0. The Morgan fingerprint density at radius 3 is 2.38 bits per heavy atom. The van der Waals surface area contributed by atoms with E-state index in [-0.39, 0.29) is 5.69 Å². The number of aliphatic imine (C=N–C) groups is 1. The van der Waals surface area contributed by atoms with Gasteiger partial charge in [-0.25, -0.2) is 4.99 Å². The second kappa shape index (κ2) is 6.52. The van der Waals surface area contributed by atoms with Crippen molar-refractivity contribution in [1.29, 1.82) is 0 Å². The highest BCUT2D eigenvalue weighted by molar-refractivity contribution is 9.10. The van der Waals surface area contributed by atoms with Crippen molar-refractivity contribution in [3.63, 3.8) is 0 Å². The maximum Gasteiger partial charge on any atom is 0.270 e. The third-order valence-corrected chi connectivity index (χ3v) is 4.33. The van der Waals surface area contributed by atoms with Gasteiger partial charge in [-0.05, 0) is 35.9 Å². The Morgan fingerprint density at radius 1 is 1.00 bits per heavy atom. The molecule has 0 spiro atoms. The number of hydrogen-bond donors (Lipinski definition) is 1. The first-order valence-electron chi connectivity index (χ1n) is 7.59. The summed E-state index contributed by atoms with van der Waals surface area (Å²) in [4.78, 5) is 14.7. The van der Waals surface area contributed by atoms with Gasteiger partial charge in [0.2, 0.25) is 0 Å². The largest absolute Gasteiger partial charge is 0.289 e. The number of allylic oxidation sites excluding steroid dienone is 1. The molecule has 0 saturated carbocycles. The number of hydrogen-bond acceptors (Lipinski definition) is 6. The molecule has 1 N–H and O–H groups in total. The Bertz CT molecular complexity index is 1040. The Kier molecular flexibility index (Phi) is 4.05. The molecule has 0 unspecified atom stereocenters. The van der Waals surface area contributed by atoms with Crippen LogP contribution in [0.1, 0.15) is 5.56 Å². The molecule has 1 aliphatic rings. The number of non-ortho nitro benzene ring substituents is 1. The molecule has 0 bridgehead atoms. The van der Waals surface area contributed by atoms with Gasteiger partial charge in [0, 0.05) is 28.4 Å². The summed E-state index contributed by atoms with van der Waals surface area (Å²) in [6, 6.07) is 14.0. The zero-order valence-electron chi connectivity index (χ0n) is 13.2. The number of nitrogens with zero attached hydrogens (tertiary/aromatic N) is 5. The molecule has 128 valence electrons. The Balaban J connectivity index is 1.71. The molecule has 3 aromatic rings. The van der Waals surface area contributed by atoms with Gasteiger partial charge in [-0.15, -0.1) is 10.2 Å². The van der Waals surface area contributed by atoms with Crippen LogP contribution in [0, 0.1) is 10.1 Å². The summed E-state index contributed by atoms with van der Waals surface area (Å²) in [7, 11) is 0. The molecule has 1 aromatic heterocycles. The Morgan fingerprint density at radius 2 is 1.69 bits per heavy atom. The van der Waals surface area contributed by atoms with Gasteiger partial charge in [-0.1, -0.05) is 28.1 Å². The molecule has 2 aromatic carbocycles. The van der Waals surface area contributed by atoms with Crippen molar-refractivity contribution in [3.05, 3.63) is 74.8 Å². The van der Waals surface area contributed by atoms with Gasteiger partial charge < -0.3 is 0 Å². The van der Waals surface area contributed by atoms with E-state index in [0.29, 0.717) is 17.3 Å². The normalized spacial score (nSPS) is 12.7. The van der Waals surface area contributed by atoms with Gasteiger partial charge in [0.1, 0.15) is 0 Å². The predicted octanol–water partition coefficient (Wildman–Crippen LogP) is 3.92. The predicted molar refractivity (Wildman–Crippen MR) is 102 cm³/mol. The van der Waals surface area contributed by atoms with E-state index in [2.05, 4.69) is 36.5 Å². The highest BCUT2D eigenvalue weighted by Gasteiger charge is 2.17. The van der Waals surface area contributed by atoms with Gasteiger partial charge in [0.15, 0.2) is 5.82 Å². The molecule has 0 atom stereocenters. The summed E-state index contributed by atoms with van der Waals surface area (Å²) in [6.07, 6.45) is 3.50. The number of aromatic nitrogens is 3. The third-order valence-electron chi connectivity index (χ3n) is 3.80. The van der Waals surface area contributed by atoms with Crippen molar-refractivity contribution in [1.82, 2.24) is 14.9 Å². The van der Waals surface area contributed by atoms with E-state index in [1.54, 1.807) is 23.0 Å². The van der Waals surface area contributed by atoms with Crippen LogP contribution in [0.25, 0.3) is 17.1 Å². The second-order valence-electron chi connectivity index (χ2n) is 5.44. The van der Waals surface area contributed by atoms with E-state index in [1.165, 1.54) is 12.1 Å². The van der Waals surface area contributed by atoms with E-state index >= 15 is 0 Å². The van der Waals surface area contributed by atoms with Gasteiger partial charge in [-0.3, -0.25) is 15.5 Å². The first kappa shape index (κ1) is 16.2. The molecule has 2 heterocycles. The third kappa shape index (κ3) is 3.00. The quantitative estimate of drug-likeness (QED) is 0.521.